The molecule has 2 heterocycles. The maximum Gasteiger partial charge on any atom is 0.223 e. The van der Waals surface area contributed by atoms with Gasteiger partial charge in [0, 0.05) is 24.8 Å². The van der Waals surface area contributed by atoms with Gasteiger partial charge in [0.1, 0.15) is 0 Å². The SMILES string of the molecule is C=CCn1c(C)cc(=O)c(O)c1CN1CCCCC1. The fourth-order valence-corrected chi connectivity index (χ4v) is 2.69. The predicted molar refractivity (Wildman–Crippen MR) is 76.4 cm³/mol. The van der Waals surface area contributed by atoms with Gasteiger partial charge in [0.15, 0.2) is 5.75 Å². The first-order valence-electron chi connectivity index (χ1n) is 6.89. The minimum Gasteiger partial charge on any atom is -0.503 e. The molecule has 4 nitrogen and oxygen atoms in total. The van der Waals surface area contributed by atoms with Crippen LogP contribution in [0.15, 0.2) is 23.5 Å². The van der Waals surface area contributed by atoms with E-state index in [4.69, 9.17) is 0 Å². The van der Waals surface area contributed by atoms with Crippen LogP contribution in [0.1, 0.15) is 30.7 Å². The molecule has 0 spiro atoms. The van der Waals surface area contributed by atoms with E-state index in [-0.39, 0.29) is 11.2 Å². The van der Waals surface area contributed by atoms with E-state index < -0.39 is 0 Å². The van der Waals surface area contributed by atoms with Crippen molar-refractivity contribution in [2.24, 2.45) is 0 Å². The molecular weight excluding hydrogens is 240 g/mol. The Balaban J connectivity index is 2.35. The van der Waals surface area contributed by atoms with Crippen LogP contribution in [0.2, 0.25) is 0 Å². The standard InChI is InChI=1S/C15H22N2O2/c1-3-7-17-12(2)10-14(18)15(19)13(17)11-16-8-5-4-6-9-16/h3,10,19H,1,4-9,11H2,2H3. The number of pyridine rings is 1. The highest BCUT2D eigenvalue weighted by molar-refractivity contribution is 5.30. The van der Waals surface area contributed by atoms with Gasteiger partial charge >= 0.3 is 0 Å². The summed E-state index contributed by atoms with van der Waals surface area (Å²) in [5.41, 5.74) is 1.30. The van der Waals surface area contributed by atoms with Crippen molar-refractivity contribution in [3.05, 3.63) is 40.3 Å². The number of aryl methyl sites for hydroxylation is 1. The van der Waals surface area contributed by atoms with Gasteiger partial charge in [-0.2, -0.15) is 0 Å². The van der Waals surface area contributed by atoms with Crippen molar-refractivity contribution in [2.75, 3.05) is 13.1 Å². The molecule has 0 aliphatic carbocycles. The molecule has 0 atom stereocenters. The minimum absolute atomic E-state index is 0.113. The summed E-state index contributed by atoms with van der Waals surface area (Å²) in [5, 5.41) is 10.1. The zero-order chi connectivity index (χ0) is 13.8. The number of hydrogen-bond acceptors (Lipinski definition) is 3. The first kappa shape index (κ1) is 13.9. The molecule has 19 heavy (non-hydrogen) atoms. The highest BCUT2D eigenvalue weighted by atomic mass is 16.3. The fourth-order valence-electron chi connectivity index (χ4n) is 2.69. The van der Waals surface area contributed by atoms with E-state index in [1.54, 1.807) is 6.08 Å². The molecule has 0 aromatic carbocycles. The summed E-state index contributed by atoms with van der Waals surface area (Å²) in [4.78, 5) is 14.1. The van der Waals surface area contributed by atoms with Gasteiger partial charge in [-0.25, -0.2) is 0 Å². The summed E-state index contributed by atoms with van der Waals surface area (Å²) in [7, 11) is 0. The molecule has 1 N–H and O–H groups in total. The molecule has 1 aliphatic heterocycles. The molecule has 0 saturated carbocycles. The van der Waals surface area contributed by atoms with E-state index in [1.807, 2.05) is 11.5 Å². The van der Waals surface area contributed by atoms with Gasteiger partial charge in [-0.1, -0.05) is 12.5 Å². The summed E-state index contributed by atoms with van der Waals surface area (Å²) in [6.45, 7) is 8.96. The van der Waals surface area contributed by atoms with Gasteiger partial charge in [0.05, 0.1) is 5.69 Å². The maximum absolute atomic E-state index is 11.8. The predicted octanol–water partition coefficient (Wildman–Crippen LogP) is 2.03. The van der Waals surface area contributed by atoms with E-state index in [9.17, 15) is 9.90 Å². The zero-order valence-corrected chi connectivity index (χ0v) is 11.6. The summed E-state index contributed by atoms with van der Waals surface area (Å²) >= 11 is 0. The van der Waals surface area contributed by atoms with Gasteiger partial charge in [0.2, 0.25) is 5.43 Å². The van der Waals surface area contributed by atoms with E-state index in [0.29, 0.717) is 18.8 Å². The van der Waals surface area contributed by atoms with Crippen LogP contribution in [-0.2, 0) is 13.1 Å². The average Bonchev–Trinajstić information content (AvgIpc) is 2.41. The fraction of sp³-hybridized carbons (Fsp3) is 0.533. The molecule has 1 saturated heterocycles. The largest absolute Gasteiger partial charge is 0.503 e. The molecule has 1 aromatic heterocycles. The molecule has 0 unspecified atom stereocenters. The average molecular weight is 262 g/mol. The number of rotatable bonds is 4. The molecule has 104 valence electrons. The number of aromatic nitrogens is 1. The minimum atomic E-state index is -0.287. The molecule has 1 aliphatic rings. The van der Waals surface area contributed by atoms with Crippen molar-refractivity contribution >= 4 is 0 Å². The van der Waals surface area contributed by atoms with Crippen LogP contribution in [0.25, 0.3) is 0 Å². The molecule has 2 rings (SSSR count). The van der Waals surface area contributed by atoms with Crippen LogP contribution < -0.4 is 5.43 Å². The smallest absolute Gasteiger partial charge is 0.223 e. The van der Waals surface area contributed by atoms with E-state index in [0.717, 1.165) is 18.8 Å². The zero-order valence-electron chi connectivity index (χ0n) is 11.6. The Morgan fingerprint density at radius 3 is 2.68 bits per heavy atom. The third-order valence-corrected chi connectivity index (χ3v) is 3.73. The Kier molecular flexibility index (Phi) is 4.43. The lowest BCUT2D eigenvalue weighted by atomic mass is 10.1. The molecule has 1 aromatic rings. The normalized spacial score (nSPS) is 16.5. The van der Waals surface area contributed by atoms with Crippen LogP contribution in [0, 0.1) is 6.92 Å². The molecular formula is C15H22N2O2. The Hall–Kier alpha value is -1.55. The molecule has 1 fully saturated rings. The third kappa shape index (κ3) is 3.07. The lowest BCUT2D eigenvalue weighted by molar-refractivity contribution is 0.212. The second kappa shape index (κ2) is 6.06. The topological polar surface area (TPSA) is 45.5 Å². The van der Waals surface area contributed by atoms with E-state index in [2.05, 4.69) is 11.5 Å². The second-order valence-corrected chi connectivity index (χ2v) is 5.18. The van der Waals surface area contributed by atoms with Gasteiger partial charge in [0.25, 0.3) is 0 Å². The van der Waals surface area contributed by atoms with Crippen LogP contribution in [0.3, 0.4) is 0 Å². The van der Waals surface area contributed by atoms with Gasteiger partial charge in [-0.05, 0) is 32.9 Å². The van der Waals surface area contributed by atoms with Gasteiger partial charge in [-0.15, -0.1) is 6.58 Å². The summed E-state index contributed by atoms with van der Waals surface area (Å²) in [5.74, 6) is -0.113. The Bertz CT molecular complexity index is 514. The Labute approximate surface area is 114 Å². The van der Waals surface area contributed by atoms with Crippen LogP contribution in [-0.4, -0.2) is 27.7 Å². The summed E-state index contributed by atoms with van der Waals surface area (Å²) in [6, 6.07) is 1.48. The quantitative estimate of drug-likeness (QED) is 0.845. The molecule has 0 radical (unpaired) electrons. The van der Waals surface area contributed by atoms with Crippen molar-refractivity contribution < 1.29 is 5.11 Å². The van der Waals surface area contributed by atoms with Crippen molar-refractivity contribution in [3.8, 4) is 5.75 Å². The van der Waals surface area contributed by atoms with Crippen molar-refractivity contribution in [2.45, 2.75) is 39.3 Å². The molecule has 4 heteroatoms. The lowest BCUT2D eigenvalue weighted by Gasteiger charge is -2.28. The summed E-state index contributed by atoms with van der Waals surface area (Å²) in [6.07, 6.45) is 5.45. The van der Waals surface area contributed by atoms with E-state index in [1.165, 1.54) is 25.3 Å². The first-order chi connectivity index (χ1) is 9.13. The number of aromatic hydroxyl groups is 1. The third-order valence-electron chi connectivity index (χ3n) is 3.73. The Morgan fingerprint density at radius 1 is 1.37 bits per heavy atom. The van der Waals surface area contributed by atoms with Gasteiger partial charge in [-0.3, -0.25) is 9.69 Å². The van der Waals surface area contributed by atoms with Crippen molar-refractivity contribution in [1.82, 2.24) is 9.47 Å². The molecule has 0 amide bonds. The van der Waals surface area contributed by atoms with Crippen LogP contribution in [0.5, 0.6) is 5.75 Å². The van der Waals surface area contributed by atoms with Crippen molar-refractivity contribution in [3.63, 3.8) is 0 Å². The second-order valence-electron chi connectivity index (χ2n) is 5.18. The number of piperidine rings is 1. The maximum atomic E-state index is 11.8. The van der Waals surface area contributed by atoms with Crippen LogP contribution in [0.4, 0.5) is 0 Å². The highest BCUT2D eigenvalue weighted by Gasteiger charge is 2.17. The number of hydrogen-bond donors (Lipinski definition) is 1. The van der Waals surface area contributed by atoms with Gasteiger partial charge < -0.3 is 9.67 Å². The number of nitrogens with zero attached hydrogens (tertiary/aromatic N) is 2. The first-order valence-corrected chi connectivity index (χ1v) is 6.89. The lowest BCUT2D eigenvalue weighted by Crippen LogP contribution is -2.31. The monoisotopic (exact) mass is 262 g/mol. The number of allylic oxidation sites excluding steroid dienone is 1. The van der Waals surface area contributed by atoms with E-state index >= 15 is 0 Å². The van der Waals surface area contributed by atoms with Crippen molar-refractivity contribution in [1.29, 1.82) is 0 Å². The summed E-state index contributed by atoms with van der Waals surface area (Å²) < 4.78 is 1.97. The number of likely N-dealkylation sites (tertiary alicyclic amines) is 1. The Morgan fingerprint density at radius 2 is 2.05 bits per heavy atom. The molecule has 0 bridgehead atoms. The van der Waals surface area contributed by atoms with Crippen LogP contribution >= 0.6 is 0 Å². The highest BCUT2D eigenvalue weighted by Crippen LogP contribution is 2.19.